The van der Waals surface area contributed by atoms with Crippen LogP contribution in [-0.2, 0) is 4.84 Å². The Hall–Kier alpha value is -0.0800. The fraction of sp³-hybridized carbons (Fsp3) is 1.00. The Morgan fingerprint density at radius 1 is 1.11 bits per heavy atom. The van der Waals surface area contributed by atoms with Crippen LogP contribution in [-0.4, -0.2) is 13.2 Å². The minimum Gasteiger partial charge on any atom is -0.302 e. The van der Waals surface area contributed by atoms with Crippen LogP contribution in [0, 0.1) is 0 Å². The Bertz CT molecular complexity index is 20.5. The van der Waals surface area contributed by atoms with Gasteiger partial charge in [-0.2, -0.15) is 0 Å². The number of hydrogen-bond donors (Lipinski definition) is 1. The first-order valence-electron chi connectivity index (χ1n) is 3.85. The molecule has 1 saturated heterocycles. The zero-order chi connectivity index (χ0) is 7.54. The molecule has 2 heteroatoms. The standard InChI is InChI=1S/C3H7NO.2C2H6/c1-2-4-5-3-1;2*1-2/h4H,1-3H2;2*1-2H3. The molecule has 1 aliphatic rings. The third kappa shape index (κ3) is 11.5. The topological polar surface area (TPSA) is 21.3 Å². The van der Waals surface area contributed by atoms with Gasteiger partial charge in [-0.1, -0.05) is 27.7 Å². The van der Waals surface area contributed by atoms with Gasteiger partial charge in [0.25, 0.3) is 0 Å². The van der Waals surface area contributed by atoms with Crippen molar-refractivity contribution in [2.75, 3.05) is 13.2 Å². The van der Waals surface area contributed by atoms with Crippen molar-refractivity contribution in [3.8, 4) is 0 Å². The average molecular weight is 133 g/mol. The van der Waals surface area contributed by atoms with Gasteiger partial charge in [0.05, 0.1) is 6.61 Å². The summed E-state index contributed by atoms with van der Waals surface area (Å²) in [5.41, 5.74) is 2.72. The molecule has 0 aromatic rings. The molecule has 1 N–H and O–H groups in total. The molecule has 1 fully saturated rings. The molecule has 1 heterocycles. The average Bonchev–Trinajstić information content (AvgIpc) is 2.51. The Labute approximate surface area is 58.6 Å². The quantitative estimate of drug-likeness (QED) is 0.545. The smallest absolute Gasteiger partial charge is 0.0695 e. The van der Waals surface area contributed by atoms with Crippen LogP contribution in [0.15, 0.2) is 0 Å². The van der Waals surface area contributed by atoms with Crippen LogP contribution in [0.1, 0.15) is 34.1 Å². The van der Waals surface area contributed by atoms with E-state index in [1.54, 1.807) is 0 Å². The van der Waals surface area contributed by atoms with E-state index in [9.17, 15) is 0 Å². The van der Waals surface area contributed by atoms with Gasteiger partial charge in [0.15, 0.2) is 0 Å². The van der Waals surface area contributed by atoms with Crippen LogP contribution in [0.3, 0.4) is 0 Å². The van der Waals surface area contributed by atoms with Crippen LogP contribution >= 0.6 is 0 Å². The highest BCUT2D eigenvalue weighted by atomic mass is 16.6. The second-order valence-electron chi connectivity index (χ2n) is 1.10. The summed E-state index contributed by atoms with van der Waals surface area (Å²) in [6.07, 6.45) is 1.17. The van der Waals surface area contributed by atoms with Crippen molar-refractivity contribution in [1.29, 1.82) is 0 Å². The molecule has 9 heavy (non-hydrogen) atoms. The largest absolute Gasteiger partial charge is 0.302 e. The van der Waals surface area contributed by atoms with Crippen molar-refractivity contribution >= 4 is 0 Å². The lowest BCUT2D eigenvalue weighted by molar-refractivity contribution is 0.103. The molecule has 0 bridgehead atoms. The number of hydrogen-bond acceptors (Lipinski definition) is 2. The molecule has 0 aromatic carbocycles. The van der Waals surface area contributed by atoms with Gasteiger partial charge >= 0.3 is 0 Å². The number of hydroxylamine groups is 1. The second kappa shape index (κ2) is 15.7. The SMILES string of the molecule is C1CNOC1.CC.CC. The molecule has 0 amide bonds. The fourth-order valence-corrected chi connectivity index (χ4v) is 0.361. The molecule has 1 rings (SSSR count). The molecule has 0 saturated carbocycles. The van der Waals surface area contributed by atoms with E-state index in [1.807, 2.05) is 27.7 Å². The predicted molar refractivity (Wildman–Crippen MR) is 41.3 cm³/mol. The molecular formula is C7H19NO. The summed E-state index contributed by atoms with van der Waals surface area (Å²) in [4.78, 5) is 4.69. The summed E-state index contributed by atoms with van der Waals surface area (Å²) in [5, 5.41) is 0. The maximum atomic E-state index is 4.69. The summed E-state index contributed by atoms with van der Waals surface area (Å²) in [7, 11) is 0. The van der Waals surface area contributed by atoms with E-state index in [0.29, 0.717) is 0 Å². The highest BCUT2D eigenvalue weighted by Crippen LogP contribution is 1.83. The van der Waals surface area contributed by atoms with Crippen molar-refractivity contribution in [3.05, 3.63) is 0 Å². The summed E-state index contributed by atoms with van der Waals surface area (Å²) in [5.74, 6) is 0. The highest BCUT2D eigenvalue weighted by molar-refractivity contribution is 4.40. The van der Waals surface area contributed by atoms with Crippen LogP contribution in [0.2, 0.25) is 0 Å². The van der Waals surface area contributed by atoms with Crippen LogP contribution in [0.4, 0.5) is 0 Å². The van der Waals surface area contributed by atoms with Gasteiger partial charge in [-0.15, -0.1) is 0 Å². The summed E-state index contributed by atoms with van der Waals surface area (Å²) in [6, 6.07) is 0. The van der Waals surface area contributed by atoms with Gasteiger partial charge in [-0.3, -0.25) is 0 Å². The van der Waals surface area contributed by atoms with Gasteiger partial charge in [0.1, 0.15) is 0 Å². The zero-order valence-corrected chi connectivity index (χ0v) is 7.03. The second-order valence-corrected chi connectivity index (χ2v) is 1.10. The van der Waals surface area contributed by atoms with E-state index < -0.39 is 0 Å². The lowest BCUT2D eigenvalue weighted by atomic mass is 10.5. The normalized spacial score (nSPS) is 14.7. The first-order valence-corrected chi connectivity index (χ1v) is 3.85. The van der Waals surface area contributed by atoms with Crippen molar-refractivity contribution < 1.29 is 4.84 Å². The predicted octanol–water partition coefficient (Wildman–Crippen LogP) is 1.96. The van der Waals surface area contributed by atoms with Gasteiger partial charge < -0.3 is 4.84 Å². The lowest BCUT2D eigenvalue weighted by Gasteiger charge is -1.80. The molecule has 58 valence electrons. The van der Waals surface area contributed by atoms with Crippen molar-refractivity contribution in [3.63, 3.8) is 0 Å². The highest BCUT2D eigenvalue weighted by Gasteiger charge is 1.93. The minimum absolute atomic E-state index is 0.889. The van der Waals surface area contributed by atoms with E-state index in [0.717, 1.165) is 13.2 Å². The van der Waals surface area contributed by atoms with E-state index in [2.05, 4.69) is 5.48 Å². The van der Waals surface area contributed by atoms with Gasteiger partial charge in [0, 0.05) is 6.54 Å². The monoisotopic (exact) mass is 133 g/mol. The van der Waals surface area contributed by atoms with Gasteiger partial charge in [-0.25, -0.2) is 5.48 Å². The van der Waals surface area contributed by atoms with E-state index in [-0.39, 0.29) is 0 Å². The molecule has 0 spiro atoms. The number of rotatable bonds is 0. The molecule has 0 aromatic heterocycles. The first kappa shape index (κ1) is 11.7. The third-order valence-electron chi connectivity index (χ3n) is 0.627. The van der Waals surface area contributed by atoms with Crippen molar-refractivity contribution in [2.24, 2.45) is 0 Å². The molecule has 0 atom stereocenters. The van der Waals surface area contributed by atoms with Gasteiger partial charge in [-0.05, 0) is 6.42 Å². The van der Waals surface area contributed by atoms with Gasteiger partial charge in [0.2, 0.25) is 0 Å². The molecule has 1 aliphatic heterocycles. The maximum absolute atomic E-state index is 4.69. The van der Waals surface area contributed by atoms with E-state index >= 15 is 0 Å². The van der Waals surface area contributed by atoms with Crippen LogP contribution in [0.5, 0.6) is 0 Å². The van der Waals surface area contributed by atoms with Crippen molar-refractivity contribution in [2.45, 2.75) is 34.1 Å². The molecular weight excluding hydrogens is 114 g/mol. The maximum Gasteiger partial charge on any atom is 0.0695 e. The van der Waals surface area contributed by atoms with Crippen LogP contribution in [0.25, 0.3) is 0 Å². The Kier molecular flexibility index (Phi) is 20.3. The first-order chi connectivity index (χ1) is 4.50. The third-order valence-corrected chi connectivity index (χ3v) is 0.627. The molecule has 2 nitrogen and oxygen atoms in total. The molecule has 0 aliphatic carbocycles. The van der Waals surface area contributed by atoms with Crippen LogP contribution < -0.4 is 5.48 Å². The Morgan fingerprint density at radius 3 is 1.78 bits per heavy atom. The summed E-state index contributed by atoms with van der Waals surface area (Å²) >= 11 is 0. The number of nitrogens with one attached hydrogen (secondary N) is 1. The zero-order valence-electron chi connectivity index (χ0n) is 7.03. The lowest BCUT2D eigenvalue weighted by Crippen LogP contribution is -2.01. The Balaban J connectivity index is 0. The summed E-state index contributed by atoms with van der Waals surface area (Å²) in [6.45, 7) is 9.92. The molecule has 0 unspecified atom stereocenters. The van der Waals surface area contributed by atoms with Crippen molar-refractivity contribution in [1.82, 2.24) is 5.48 Å². The van der Waals surface area contributed by atoms with E-state index in [4.69, 9.17) is 4.84 Å². The summed E-state index contributed by atoms with van der Waals surface area (Å²) < 4.78 is 0. The Morgan fingerprint density at radius 2 is 1.67 bits per heavy atom. The van der Waals surface area contributed by atoms with E-state index in [1.165, 1.54) is 6.42 Å². The minimum atomic E-state index is 0.889. The molecule has 0 radical (unpaired) electrons. The fourth-order valence-electron chi connectivity index (χ4n) is 0.361.